The minimum Gasteiger partial charge on any atom is -0.447 e. The molecule has 0 saturated carbocycles. The first kappa shape index (κ1) is 15.8. The molecule has 1 fully saturated rings. The van der Waals surface area contributed by atoms with Gasteiger partial charge in [0.1, 0.15) is 12.8 Å². The Bertz CT molecular complexity index is 462. The number of nitrogens with zero attached hydrogens (tertiary/aromatic N) is 1. The Morgan fingerprint density at radius 2 is 1.95 bits per heavy atom. The monoisotopic (exact) mass is 291 g/mol. The number of aliphatic hydroxyl groups excluding tert-OH is 1. The zero-order valence-electron chi connectivity index (χ0n) is 13.0. The van der Waals surface area contributed by atoms with E-state index in [0.29, 0.717) is 24.9 Å². The summed E-state index contributed by atoms with van der Waals surface area (Å²) in [6.45, 7) is 6.74. The van der Waals surface area contributed by atoms with Crippen LogP contribution in [0.5, 0.6) is 0 Å². The molecular weight excluding hydrogens is 266 g/mol. The van der Waals surface area contributed by atoms with E-state index < -0.39 is 12.3 Å². The lowest BCUT2D eigenvalue weighted by atomic mass is 9.90. The highest BCUT2D eigenvalue weighted by Crippen LogP contribution is 2.32. The van der Waals surface area contributed by atoms with Crippen molar-refractivity contribution >= 4 is 6.09 Å². The molecule has 21 heavy (non-hydrogen) atoms. The minimum atomic E-state index is -0.797. The van der Waals surface area contributed by atoms with Crippen molar-refractivity contribution in [2.24, 2.45) is 11.8 Å². The maximum absolute atomic E-state index is 12.0. The van der Waals surface area contributed by atoms with Crippen LogP contribution in [0, 0.1) is 11.8 Å². The van der Waals surface area contributed by atoms with E-state index in [2.05, 4.69) is 20.8 Å². The van der Waals surface area contributed by atoms with Crippen molar-refractivity contribution in [3.63, 3.8) is 0 Å². The van der Waals surface area contributed by atoms with Crippen LogP contribution >= 0.6 is 0 Å². The average Bonchev–Trinajstić information content (AvgIpc) is 2.89. The van der Waals surface area contributed by atoms with Crippen LogP contribution in [0.2, 0.25) is 0 Å². The van der Waals surface area contributed by atoms with E-state index in [1.807, 2.05) is 30.3 Å². The fraction of sp³-hybridized carbons (Fsp3) is 0.588. The lowest BCUT2D eigenvalue weighted by Gasteiger charge is -2.30. The maximum Gasteiger partial charge on any atom is 0.412 e. The van der Waals surface area contributed by atoms with Gasteiger partial charge >= 0.3 is 6.09 Å². The highest BCUT2D eigenvalue weighted by Gasteiger charge is 2.39. The Morgan fingerprint density at radius 3 is 2.57 bits per heavy atom. The van der Waals surface area contributed by atoms with Gasteiger partial charge in [-0.25, -0.2) is 4.79 Å². The van der Waals surface area contributed by atoms with Crippen molar-refractivity contribution in [2.75, 3.05) is 6.61 Å². The first-order valence-electron chi connectivity index (χ1n) is 7.72. The van der Waals surface area contributed by atoms with Gasteiger partial charge in [-0.05, 0) is 23.8 Å². The molecule has 4 heteroatoms. The molecule has 1 saturated heterocycles. The number of hydrogen-bond donors (Lipinski definition) is 1. The third kappa shape index (κ3) is 3.56. The quantitative estimate of drug-likeness (QED) is 0.871. The SMILES string of the molecule is CCC(C)C(C)CC(O)N1C(=O)OCC1c1ccccc1. The topological polar surface area (TPSA) is 49.8 Å². The van der Waals surface area contributed by atoms with Gasteiger partial charge in [-0.1, -0.05) is 57.5 Å². The van der Waals surface area contributed by atoms with Gasteiger partial charge in [-0.15, -0.1) is 0 Å². The van der Waals surface area contributed by atoms with Crippen molar-refractivity contribution in [2.45, 2.75) is 45.9 Å². The molecule has 1 aromatic carbocycles. The summed E-state index contributed by atoms with van der Waals surface area (Å²) in [5.74, 6) is 0.878. The summed E-state index contributed by atoms with van der Waals surface area (Å²) in [6.07, 6.45) is 0.426. The number of ether oxygens (including phenoxy) is 1. The first-order chi connectivity index (χ1) is 10.0. The van der Waals surface area contributed by atoms with Crippen LogP contribution in [0.3, 0.4) is 0 Å². The summed E-state index contributed by atoms with van der Waals surface area (Å²) in [7, 11) is 0. The van der Waals surface area contributed by atoms with Crippen LogP contribution in [-0.4, -0.2) is 28.9 Å². The molecule has 0 spiro atoms. The molecule has 0 aliphatic carbocycles. The first-order valence-corrected chi connectivity index (χ1v) is 7.72. The molecule has 0 aromatic heterocycles. The molecule has 1 aliphatic heterocycles. The van der Waals surface area contributed by atoms with E-state index in [1.165, 1.54) is 4.90 Å². The Morgan fingerprint density at radius 1 is 1.29 bits per heavy atom. The van der Waals surface area contributed by atoms with Gasteiger partial charge in [0.2, 0.25) is 0 Å². The van der Waals surface area contributed by atoms with Crippen LogP contribution in [0.25, 0.3) is 0 Å². The second-order valence-electron chi connectivity index (χ2n) is 5.99. The van der Waals surface area contributed by atoms with E-state index in [-0.39, 0.29) is 6.04 Å². The van der Waals surface area contributed by atoms with E-state index in [0.717, 1.165) is 12.0 Å². The molecule has 4 unspecified atom stereocenters. The fourth-order valence-corrected chi connectivity index (χ4v) is 2.77. The fourth-order valence-electron chi connectivity index (χ4n) is 2.77. The summed E-state index contributed by atoms with van der Waals surface area (Å²) >= 11 is 0. The lowest BCUT2D eigenvalue weighted by molar-refractivity contribution is -0.00214. The van der Waals surface area contributed by atoms with E-state index >= 15 is 0 Å². The highest BCUT2D eigenvalue weighted by molar-refractivity contribution is 5.70. The number of carbonyl (C=O) groups is 1. The zero-order chi connectivity index (χ0) is 15.4. The predicted octanol–water partition coefficient (Wildman–Crippen LogP) is 3.57. The third-order valence-electron chi connectivity index (χ3n) is 4.61. The molecule has 1 amide bonds. The number of carbonyl (C=O) groups excluding carboxylic acids is 1. The van der Waals surface area contributed by atoms with E-state index in [9.17, 15) is 9.90 Å². The van der Waals surface area contributed by atoms with E-state index in [1.54, 1.807) is 0 Å². The smallest absolute Gasteiger partial charge is 0.412 e. The van der Waals surface area contributed by atoms with Gasteiger partial charge in [0.15, 0.2) is 0 Å². The Labute approximate surface area is 126 Å². The van der Waals surface area contributed by atoms with E-state index in [4.69, 9.17) is 4.74 Å². The molecule has 1 N–H and O–H groups in total. The van der Waals surface area contributed by atoms with Gasteiger partial charge in [0.25, 0.3) is 0 Å². The van der Waals surface area contributed by atoms with Gasteiger partial charge < -0.3 is 9.84 Å². The second kappa shape index (κ2) is 6.94. The largest absolute Gasteiger partial charge is 0.447 e. The van der Waals surface area contributed by atoms with Gasteiger partial charge in [-0.3, -0.25) is 4.90 Å². The second-order valence-corrected chi connectivity index (χ2v) is 5.99. The molecule has 1 heterocycles. The van der Waals surface area contributed by atoms with Crippen molar-refractivity contribution in [1.82, 2.24) is 4.90 Å². The number of hydrogen-bond acceptors (Lipinski definition) is 3. The highest BCUT2D eigenvalue weighted by atomic mass is 16.6. The van der Waals surface area contributed by atoms with Crippen molar-refractivity contribution < 1.29 is 14.6 Å². The summed E-state index contributed by atoms with van der Waals surface area (Å²) in [6, 6.07) is 9.54. The van der Waals surface area contributed by atoms with Crippen molar-refractivity contribution in [1.29, 1.82) is 0 Å². The Hall–Kier alpha value is -1.55. The van der Waals surface area contributed by atoms with Gasteiger partial charge in [0, 0.05) is 0 Å². The Balaban J connectivity index is 2.10. The number of amides is 1. The summed E-state index contributed by atoms with van der Waals surface area (Å²) in [4.78, 5) is 13.4. The summed E-state index contributed by atoms with van der Waals surface area (Å²) in [5.41, 5.74) is 0.999. The molecule has 116 valence electrons. The van der Waals surface area contributed by atoms with Crippen LogP contribution in [0.4, 0.5) is 4.79 Å². The molecule has 0 bridgehead atoms. The molecule has 0 radical (unpaired) electrons. The summed E-state index contributed by atoms with van der Waals surface area (Å²) < 4.78 is 5.15. The molecule has 4 atom stereocenters. The standard InChI is InChI=1S/C17H25NO3/c1-4-12(2)13(3)10-16(19)18-15(11-21-17(18)20)14-8-6-5-7-9-14/h5-9,12-13,15-16,19H,4,10-11H2,1-3H3. The third-order valence-corrected chi connectivity index (χ3v) is 4.61. The normalized spacial score (nSPS) is 22.8. The van der Waals surface area contributed by atoms with Crippen molar-refractivity contribution in [3.8, 4) is 0 Å². The maximum atomic E-state index is 12.0. The number of benzene rings is 1. The molecule has 2 rings (SSSR count). The van der Waals surface area contributed by atoms with Gasteiger partial charge in [-0.2, -0.15) is 0 Å². The van der Waals surface area contributed by atoms with Crippen LogP contribution < -0.4 is 0 Å². The number of rotatable bonds is 6. The molecule has 4 nitrogen and oxygen atoms in total. The average molecular weight is 291 g/mol. The molecule has 1 aromatic rings. The van der Waals surface area contributed by atoms with Crippen molar-refractivity contribution in [3.05, 3.63) is 35.9 Å². The molecule has 1 aliphatic rings. The number of aliphatic hydroxyl groups is 1. The molecular formula is C17H25NO3. The van der Waals surface area contributed by atoms with Crippen LogP contribution in [-0.2, 0) is 4.74 Å². The minimum absolute atomic E-state index is 0.196. The summed E-state index contributed by atoms with van der Waals surface area (Å²) in [5, 5.41) is 10.5. The number of cyclic esters (lactones) is 1. The lowest BCUT2D eigenvalue weighted by Crippen LogP contribution is -2.39. The predicted molar refractivity (Wildman–Crippen MR) is 81.6 cm³/mol. The van der Waals surface area contributed by atoms with Gasteiger partial charge in [0.05, 0.1) is 6.04 Å². The zero-order valence-corrected chi connectivity index (χ0v) is 13.0. The van der Waals surface area contributed by atoms with Crippen LogP contribution in [0.1, 0.15) is 45.2 Å². The van der Waals surface area contributed by atoms with Crippen LogP contribution in [0.15, 0.2) is 30.3 Å². The Kier molecular flexibility index (Phi) is 5.23.